The van der Waals surface area contributed by atoms with Crippen molar-refractivity contribution in [2.24, 2.45) is 16.8 Å². The van der Waals surface area contributed by atoms with Crippen LogP contribution < -0.4 is 10.5 Å². The third kappa shape index (κ3) is 2.88. The average molecular weight is 236 g/mol. The van der Waals surface area contributed by atoms with E-state index in [4.69, 9.17) is 20.4 Å². The van der Waals surface area contributed by atoms with Crippen molar-refractivity contribution < 1.29 is 14.7 Å². The molecule has 5 heteroatoms. The van der Waals surface area contributed by atoms with Crippen molar-refractivity contribution in [1.29, 1.82) is 0 Å². The maximum atomic E-state index is 8.68. The van der Waals surface area contributed by atoms with Crippen LogP contribution in [0.4, 0.5) is 0 Å². The summed E-state index contributed by atoms with van der Waals surface area (Å²) in [6.45, 7) is 2.14. The Bertz CT molecular complexity index is 400. The van der Waals surface area contributed by atoms with Crippen molar-refractivity contribution in [3.8, 4) is 5.75 Å². The topological polar surface area (TPSA) is 77.1 Å². The predicted molar refractivity (Wildman–Crippen MR) is 63.4 cm³/mol. The van der Waals surface area contributed by atoms with Gasteiger partial charge in [0, 0.05) is 12.5 Å². The highest BCUT2D eigenvalue weighted by atomic mass is 16.5. The van der Waals surface area contributed by atoms with Gasteiger partial charge in [-0.15, -0.1) is 0 Å². The van der Waals surface area contributed by atoms with Gasteiger partial charge in [-0.1, -0.05) is 17.3 Å². The number of benzene rings is 1. The number of hydrogen-bond donors (Lipinski definition) is 2. The van der Waals surface area contributed by atoms with Crippen LogP contribution >= 0.6 is 0 Å². The van der Waals surface area contributed by atoms with E-state index in [9.17, 15) is 0 Å². The van der Waals surface area contributed by atoms with Crippen LogP contribution in [0.5, 0.6) is 5.75 Å². The molecule has 0 saturated carbocycles. The number of nitrogens with two attached hydrogens (primary N) is 1. The number of nitrogens with zero attached hydrogens (tertiary/aromatic N) is 1. The smallest absolute Gasteiger partial charge is 0.173 e. The molecule has 1 atom stereocenters. The summed E-state index contributed by atoms with van der Waals surface area (Å²) in [7, 11) is 0. The van der Waals surface area contributed by atoms with E-state index in [2.05, 4.69) is 5.16 Å². The van der Waals surface area contributed by atoms with Crippen LogP contribution in [0.3, 0.4) is 0 Å². The lowest BCUT2D eigenvalue weighted by Gasteiger charge is -2.13. The molecule has 17 heavy (non-hydrogen) atoms. The molecule has 1 fully saturated rings. The van der Waals surface area contributed by atoms with Crippen molar-refractivity contribution in [2.75, 3.05) is 19.8 Å². The Morgan fingerprint density at radius 1 is 1.53 bits per heavy atom. The highest BCUT2D eigenvalue weighted by Crippen LogP contribution is 2.20. The molecule has 0 spiro atoms. The minimum atomic E-state index is 0.0586. The second kappa shape index (κ2) is 5.54. The molecule has 92 valence electrons. The molecule has 3 N–H and O–H groups in total. The molecule has 2 rings (SSSR count). The van der Waals surface area contributed by atoms with Crippen LogP contribution in [0.25, 0.3) is 0 Å². The monoisotopic (exact) mass is 236 g/mol. The fraction of sp³-hybridized carbons (Fsp3) is 0.417. The Morgan fingerprint density at radius 2 is 2.35 bits per heavy atom. The first kappa shape index (κ1) is 11.7. The number of para-hydroxylation sites is 1. The molecule has 0 amide bonds. The Labute approximate surface area is 99.8 Å². The number of rotatable bonds is 4. The van der Waals surface area contributed by atoms with Gasteiger partial charge in [-0.3, -0.25) is 0 Å². The van der Waals surface area contributed by atoms with Gasteiger partial charge in [-0.2, -0.15) is 0 Å². The summed E-state index contributed by atoms with van der Waals surface area (Å²) in [5, 5.41) is 11.7. The molecule has 5 nitrogen and oxygen atoms in total. The van der Waals surface area contributed by atoms with Crippen LogP contribution in [0.2, 0.25) is 0 Å². The van der Waals surface area contributed by atoms with E-state index >= 15 is 0 Å². The SMILES string of the molecule is NC(=NO)c1ccccc1OCC1CCOC1. The maximum absolute atomic E-state index is 8.68. The van der Waals surface area contributed by atoms with Crippen LogP contribution in [0.15, 0.2) is 29.4 Å². The first-order chi connectivity index (χ1) is 8.31. The zero-order chi connectivity index (χ0) is 12.1. The Kier molecular flexibility index (Phi) is 3.82. The van der Waals surface area contributed by atoms with Gasteiger partial charge in [0.05, 0.1) is 18.8 Å². The van der Waals surface area contributed by atoms with Crippen molar-refractivity contribution >= 4 is 5.84 Å². The third-order valence-electron chi connectivity index (χ3n) is 2.77. The zero-order valence-electron chi connectivity index (χ0n) is 9.50. The van der Waals surface area contributed by atoms with Gasteiger partial charge < -0.3 is 20.4 Å². The molecule has 1 aromatic rings. The lowest BCUT2D eigenvalue weighted by molar-refractivity contribution is 0.167. The van der Waals surface area contributed by atoms with Crippen molar-refractivity contribution in [3.05, 3.63) is 29.8 Å². The fourth-order valence-corrected chi connectivity index (χ4v) is 1.78. The van der Waals surface area contributed by atoms with Crippen LogP contribution in [-0.4, -0.2) is 30.9 Å². The first-order valence-corrected chi connectivity index (χ1v) is 5.58. The summed E-state index contributed by atoms with van der Waals surface area (Å²) in [6.07, 6.45) is 1.02. The molecule has 1 saturated heterocycles. The van der Waals surface area contributed by atoms with Crippen molar-refractivity contribution in [1.82, 2.24) is 0 Å². The van der Waals surface area contributed by atoms with Gasteiger partial charge in [-0.25, -0.2) is 0 Å². The van der Waals surface area contributed by atoms with Crippen LogP contribution in [-0.2, 0) is 4.74 Å². The summed E-state index contributed by atoms with van der Waals surface area (Å²) in [5.41, 5.74) is 6.18. The van der Waals surface area contributed by atoms with Gasteiger partial charge in [0.2, 0.25) is 0 Å². The summed E-state index contributed by atoms with van der Waals surface area (Å²) in [5.74, 6) is 1.12. The van der Waals surface area contributed by atoms with Crippen LogP contribution in [0, 0.1) is 5.92 Å². The third-order valence-corrected chi connectivity index (χ3v) is 2.77. The second-order valence-electron chi connectivity index (χ2n) is 4.02. The van der Waals surface area contributed by atoms with E-state index in [0.29, 0.717) is 23.8 Å². The quantitative estimate of drug-likeness (QED) is 0.356. The number of oxime groups is 1. The standard InChI is InChI=1S/C12H16N2O3/c13-12(14-15)10-3-1-2-4-11(10)17-8-9-5-6-16-7-9/h1-4,9,15H,5-8H2,(H2,13,14). The summed E-state index contributed by atoms with van der Waals surface area (Å²) < 4.78 is 11.0. The van der Waals surface area contributed by atoms with Crippen LogP contribution in [0.1, 0.15) is 12.0 Å². The number of hydrogen-bond acceptors (Lipinski definition) is 4. The summed E-state index contributed by atoms with van der Waals surface area (Å²) in [4.78, 5) is 0. The molecule has 1 unspecified atom stereocenters. The van der Waals surface area contributed by atoms with Gasteiger partial charge in [0.1, 0.15) is 5.75 Å². The lowest BCUT2D eigenvalue weighted by Crippen LogP contribution is -2.17. The second-order valence-corrected chi connectivity index (χ2v) is 4.02. The predicted octanol–water partition coefficient (Wildman–Crippen LogP) is 1.20. The molecule has 1 heterocycles. The van der Waals surface area contributed by atoms with Crippen molar-refractivity contribution in [3.63, 3.8) is 0 Å². The zero-order valence-corrected chi connectivity index (χ0v) is 9.50. The molecule has 0 aromatic heterocycles. The van der Waals surface area contributed by atoms with E-state index < -0.39 is 0 Å². The van der Waals surface area contributed by atoms with Gasteiger partial charge >= 0.3 is 0 Å². The number of amidine groups is 1. The normalized spacial score (nSPS) is 20.5. The summed E-state index contributed by atoms with van der Waals surface area (Å²) in [6, 6.07) is 7.24. The van der Waals surface area contributed by atoms with E-state index in [1.807, 2.05) is 18.2 Å². The molecular formula is C12H16N2O3. The molecule has 1 aliphatic rings. The van der Waals surface area contributed by atoms with E-state index in [-0.39, 0.29) is 5.84 Å². The Morgan fingerprint density at radius 3 is 3.06 bits per heavy atom. The largest absolute Gasteiger partial charge is 0.492 e. The lowest BCUT2D eigenvalue weighted by atomic mass is 10.1. The van der Waals surface area contributed by atoms with E-state index in [1.54, 1.807) is 6.07 Å². The highest BCUT2D eigenvalue weighted by molar-refractivity contribution is 5.99. The number of ether oxygens (including phenoxy) is 2. The van der Waals surface area contributed by atoms with E-state index in [1.165, 1.54) is 0 Å². The minimum Gasteiger partial charge on any atom is -0.492 e. The molecular weight excluding hydrogens is 220 g/mol. The molecule has 0 radical (unpaired) electrons. The van der Waals surface area contributed by atoms with Gasteiger partial charge in [-0.05, 0) is 18.6 Å². The average Bonchev–Trinajstić information content (AvgIpc) is 2.89. The Balaban J connectivity index is 2.04. The molecule has 1 aromatic carbocycles. The summed E-state index contributed by atoms with van der Waals surface area (Å²) >= 11 is 0. The Hall–Kier alpha value is -1.75. The molecule has 1 aliphatic heterocycles. The van der Waals surface area contributed by atoms with Gasteiger partial charge in [0.15, 0.2) is 5.84 Å². The van der Waals surface area contributed by atoms with E-state index in [0.717, 1.165) is 19.6 Å². The first-order valence-electron chi connectivity index (χ1n) is 5.58. The van der Waals surface area contributed by atoms with Crippen molar-refractivity contribution in [2.45, 2.75) is 6.42 Å². The minimum absolute atomic E-state index is 0.0586. The maximum Gasteiger partial charge on any atom is 0.173 e. The van der Waals surface area contributed by atoms with Gasteiger partial charge in [0.25, 0.3) is 0 Å². The fourth-order valence-electron chi connectivity index (χ4n) is 1.78. The highest BCUT2D eigenvalue weighted by Gasteiger charge is 2.17. The molecule has 0 aliphatic carbocycles. The molecule has 0 bridgehead atoms.